The van der Waals surface area contributed by atoms with Gasteiger partial charge in [0, 0.05) is 31.4 Å². The first-order chi connectivity index (χ1) is 14.5. The Morgan fingerprint density at radius 2 is 1.87 bits per heavy atom. The SMILES string of the molecule is CC(C)c1ccc(C2CC3C(=O)N(CCC(=O)NC4CCCCC4)C=CN3N2)cc1. The monoisotopic (exact) mass is 410 g/mol. The Hall–Kier alpha value is -2.34. The number of nitrogens with one attached hydrogen (secondary N) is 2. The van der Waals surface area contributed by atoms with Gasteiger partial charge in [0.15, 0.2) is 0 Å². The van der Waals surface area contributed by atoms with Crippen molar-refractivity contribution in [2.75, 3.05) is 6.54 Å². The maximum atomic E-state index is 13.0. The number of carbonyl (C=O) groups is 2. The number of hydrogen-bond donors (Lipinski definition) is 2. The predicted octanol–water partition coefficient (Wildman–Crippen LogP) is 3.58. The van der Waals surface area contributed by atoms with Crippen LogP contribution in [0.1, 0.15) is 81.9 Å². The lowest BCUT2D eigenvalue weighted by molar-refractivity contribution is -0.134. The van der Waals surface area contributed by atoms with Gasteiger partial charge in [-0.2, -0.15) is 0 Å². The number of benzene rings is 1. The van der Waals surface area contributed by atoms with Gasteiger partial charge in [-0.15, -0.1) is 0 Å². The van der Waals surface area contributed by atoms with Gasteiger partial charge in [0.05, 0.1) is 6.04 Å². The number of amides is 2. The van der Waals surface area contributed by atoms with E-state index in [0.717, 1.165) is 19.3 Å². The van der Waals surface area contributed by atoms with Gasteiger partial charge in [0.2, 0.25) is 5.91 Å². The molecule has 1 aliphatic carbocycles. The molecule has 2 aliphatic heterocycles. The minimum atomic E-state index is -0.216. The van der Waals surface area contributed by atoms with Gasteiger partial charge in [-0.05, 0) is 36.3 Å². The van der Waals surface area contributed by atoms with Gasteiger partial charge < -0.3 is 15.2 Å². The summed E-state index contributed by atoms with van der Waals surface area (Å²) in [5.41, 5.74) is 5.97. The first-order valence-electron chi connectivity index (χ1n) is 11.4. The number of fused-ring (bicyclic) bond motifs is 1. The Morgan fingerprint density at radius 3 is 2.57 bits per heavy atom. The summed E-state index contributed by atoms with van der Waals surface area (Å²) in [6.45, 7) is 4.82. The minimum absolute atomic E-state index is 0.0539. The fraction of sp³-hybridized carbons (Fsp3) is 0.583. The minimum Gasteiger partial charge on any atom is -0.353 e. The van der Waals surface area contributed by atoms with Crippen molar-refractivity contribution in [2.45, 2.75) is 82.8 Å². The van der Waals surface area contributed by atoms with Crippen LogP contribution in [0.5, 0.6) is 0 Å². The van der Waals surface area contributed by atoms with Crippen LogP contribution in [0.3, 0.4) is 0 Å². The molecule has 2 atom stereocenters. The third-order valence-electron chi connectivity index (χ3n) is 6.63. The van der Waals surface area contributed by atoms with Crippen LogP contribution < -0.4 is 10.7 Å². The Balaban J connectivity index is 1.30. The smallest absolute Gasteiger partial charge is 0.250 e. The lowest BCUT2D eigenvalue weighted by Gasteiger charge is -2.32. The largest absolute Gasteiger partial charge is 0.353 e. The maximum Gasteiger partial charge on any atom is 0.250 e. The van der Waals surface area contributed by atoms with E-state index >= 15 is 0 Å². The number of hydrazine groups is 1. The normalized spacial score (nSPS) is 24.4. The van der Waals surface area contributed by atoms with Crippen molar-refractivity contribution in [3.05, 3.63) is 47.8 Å². The molecule has 1 saturated carbocycles. The Labute approximate surface area is 179 Å². The summed E-state index contributed by atoms with van der Waals surface area (Å²) < 4.78 is 0. The van der Waals surface area contributed by atoms with Gasteiger partial charge in [-0.3, -0.25) is 9.59 Å². The van der Waals surface area contributed by atoms with Crippen LogP contribution in [0.15, 0.2) is 36.7 Å². The highest BCUT2D eigenvalue weighted by atomic mass is 16.2. The predicted molar refractivity (Wildman–Crippen MR) is 117 cm³/mol. The summed E-state index contributed by atoms with van der Waals surface area (Å²) >= 11 is 0. The van der Waals surface area contributed by atoms with Crippen LogP contribution in [0.2, 0.25) is 0 Å². The zero-order valence-corrected chi connectivity index (χ0v) is 18.1. The van der Waals surface area contributed by atoms with E-state index in [9.17, 15) is 9.59 Å². The number of hydrogen-bond acceptors (Lipinski definition) is 4. The van der Waals surface area contributed by atoms with Crippen LogP contribution in [0.4, 0.5) is 0 Å². The fourth-order valence-electron chi connectivity index (χ4n) is 4.72. The maximum absolute atomic E-state index is 13.0. The summed E-state index contributed by atoms with van der Waals surface area (Å²) in [6, 6.07) is 8.89. The van der Waals surface area contributed by atoms with Gasteiger partial charge in [-0.1, -0.05) is 57.4 Å². The van der Waals surface area contributed by atoms with Crippen molar-refractivity contribution in [2.24, 2.45) is 0 Å². The van der Waals surface area contributed by atoms with Crippen molar-refractivity contribution < 1.29 is 9.59 Å². The summed E-state index contributed by atoms with van der Waals surface area (Å²) in [4.78, 5) is 27.0. The summed E-state index contributed by atoms with van der Waals surface area (Å²) in [7, 11) is 0. The highest BCUT2D eigenvalue weighted by Gasteiger charge is 2.39. The second-order valence-electron chi connectivity index (χ2n) is 9.14. The van der Waals surface area contributed by atoms with Crippen LogP contribution in [-0.2, 0) is 9.59 Å². The third kappa shape index (κ3) is 4.69. The van der Waals surface area contributed by atoms with E-state index in [-0.39, 0.29) is 23.9 Å². The molecule has 0 radical (unpaired) electrons. The average Bonchev–Trinajstić information content (AvgIpc) is 3.19. The molecule has 6 nitrogen and oxygen atoms in total. The van der Waals surface area contributed by atoms with Gasteiger partial charge in [-0.25, -0.2) is 5.43 Å². The number of nitrogens with zero attached hydrogens (tertiary/aromatic N) is 2. The molecule has 2 fully saturated rings. The van der Waals surface area contributed by atoms with E-state index in [0.29, 0.717) is 24.9 Å². The fourth-order valence-corrected chi connectivity index (χ4v) is 4.72. The molecule has 0 aromatic heterocycles. The molecule has 1 saturated heterocycles. The second kappa shape index (κ2) is 9.21. The molecule has 0 spiro atoms. The van der Waals surface area contributed by atoms with Gasteiger partial charge >= 0.3 is 0 Å². The Kier molecular flexibility index (Phi) is 6.42. The van der Waals surface area contributed by atoms with E-state index < -0.39 is 0 Å². The summed E-state index contributed by atoms with van der Waals surface area (Å²) in [6.07, 6.45) is 10.6. The van der Waals surface area contributed by atoms with Crippen molar-refractivity contribution >= 4 is 11.8 Å². The van der Waals surface area contributed by atoms with E-state index in [1.54, 1.807) is 11.1 Å². The molecule has 3 aliphatic rings. The van der Waals surface area contributed by atoms with Crippen LogP contribution in [0.25, 0.3) is 0 Å². The quantitative estimate of drug-likeness (QED) is 0.752. The first-order valence-corrected chi connectivity index (χ1v) is 11.4. The highest BCUT2D eigenvalue weighted by Crippen LogP contribution is 2.31. The lowest BCUT2D eigenvalue weighted by atomic mass is 9.95. The number of carbonyl (C=O) groups excluding carboxylic acids is 2. The molecule has 6 heteroatoms. The molecule has 162 valence electrons. The number of rotatable bonds is 6. The molecule has 1 aromatic carbocycles. The molecule has 2 heterocycles. The molecular weight excluding hydrogens is 376 g/mol. The Bertz CT molecular complexity index is 783. The van der Waals surface area contributed by atoms with E-state index in [2.05, 4.69) is 48.9 Å². The molecule has 2 unspecified atom stereocenters. The molecule has 2 amide bonds. The average molecular weight is 411 g/mol. The van der Waals surface area contributed by atoms with Gasteiger partial charge in [0.1, 0.15) is 6.04 Å². The summed E-state index contributed by atoms with van der Waals surface area (Å²) in [5, 5.41) is 5.06. The van der Waals surface area contributed by atoms with Crippen LogP contribution >= 0.6 is 0 Å². The standard InChI is InChI=1S/C24H34N4O2/c1-17(2)18-8-10-19(11-9-18)21-16-22-24(30)27(14-15-28(22)26-21)13-12-23(29)25-20-6-4-3-5-7-20/h8-11,14-15,17,20-22,26H,3-7,12-13,16H2,1-2H3,(H,25,29). The topological polar surface area (TPSA) is 64.7 Å². The van der Waals surface area contributed by atoms with Gasteiger partial charge in [0.25, 0.3) is 5.91 Å². The van der Waals surface area contributed by atoms with E-state index in [1.165, 1.54) is 30.4 Å². The van der Waals surface area contributed by atoms with Crippen LogP contribution in [0, 0.1) is 0 Å². The zero-order valence-electron chi connectivity index (χ0n) is 18.1. The van der Waals surface area contributed by atoms with E-state index in [4.69, 9.17) is 0 Å². The third-order valence-corrected chi connectivity index (χ3v) is 6.63. The molecule has 4 rings (SSSR count). The molecule has 1 aromatic rings. The summed E-state index contributed by atoms with van der Waals surface area (Å²) in [5.74, 6) is 0.630. The molecule has 0 bridgehead atoms. The van der Waals surface area contributed by atoms with Crippen molar-refractivity contribution in [3.8, 4) is 0 Å². The van der Waals surface area contributed by atoms with Crippen molar-refractivity contribution in [1.29, 1.82) is 0 Å². The van der Waals surface area contributed by atoms with E-state index in [1.807, 2.05) is 11.2 Å². The zero-order chi connectivity index (χ0) is 21.1. The molecule has 2 N–H and O–H groups in total. The second-order valence-corrected chi connectivity index (χ2v) is 9.14. The van der Waals surface area contributed by atoms with Crippen LogP contribution in [-0.4, -0.2) is 40.4 Å². The molecule has 30 heavy (non-hydrogen) atoms. The lowest BCUT2D eigenvalue weighted by Crippen LogP contribution is -2.48. The van der Waals surface area contributed by atoms with Crippen molar-refractivity contribution in [3.63, 3.8) is 0 Å². The van der Waals surface area contributed by atoms with Crippen molar-refractivity contribution in [1.82, 2.24) is 20.7 Å². The highest BCUT2D eigenvalue weighted by molar-refractivity contribution is 5.85. The molecular formula is C24H34N4O2. The Morgan fingerprint density at radius 1 is 1.13 bits per heavy atom. The first kappa shape index (κ1) is 20.9.